The summed E-state index contributed by atoms with van der Waals surface area (Å²) < 4.78 is 5.26. The molecular formula is C11H17O3. The summed E-state index contributed by atoms with van der Waals surface area (Å²) in [6, 6.07) is 0. The number of carbonyl (C=O) groups is 1. The molecule has 0 aromatic heterocycles. The Morgan fingerprint density at radius 3 is 2.50 bits per heavy atom. The maximum absolute atomic E-state index is 11.2. The van der Waals surface area contributed by atoms with Gasteiger partial charge in [-0.3, -0.25) is 9.59 Å². The van der Waals surface area contributed by atoms with Gasteiger partial charge in [0.15, 0.2) is 0 Å². The quantitative estimate of drug-likeness (QED) is 0.647. The van der Waals surface area contributed by atoms with Crippen molar-refractivity contribution in [1.82, 2.24) is 0 Å². The van der Waals surface area contributed by atoms with Gasteiger partial charge in [-0.15, -0.1) is 0 Å². The minimum absolute atomic E-state index is 0.0404. The summed E-state index contributed by atoms with van der Waals surface area (Å²) in [6.07, 6.45) is 6.64. The average molecular weight is 197 g/mol. The Kier molecular flexibility index (Phi) is 4.63. The van der Waals surface area contributed by atoms with Crippen molar-refractivity contribution >= 4 is 12.3 Å². The number of carbonyl (C=O) groups excluding carboxylic acids is 2. The van der Waals surface area contributed by atoms with Gasteiger partial charge in [0.05, 0.1) is 0 Å². The van der Waals surface area contributed by atoms with Crippen LogP contribution in [-0.4, -0.2) is 18.4 Å². The summed E-state index contributed by atoms with van der Waals surface area (Å²) in [5.74, 6) is -0.0397. The summed E-state index contributed by atoms with van der Waals surface area (Å²) in [5.41, 5.74) is 0. The van der Waals surface area contributed by atoms with Crippen LogP contribution in [0.3, 0.4) is 0 Å². The first-order valence-corrected chi connectivity index (χ1v) is 5.33. The van der Waals surface area contributed by atoms with E-state index in [1.807, 2.05) is 13.2 Å². The topological polar surface area (TPSA) is 43.4 Å². The fourth-order valence-electron chi connectivity index (χ4n) is 1.75. The lowest BCUT2D eigenvalue weighted by Crippen LogP contribution is -2.24. The minimum atomic E-state index is -0.106. The maximum atomic E-state index is 11.2. The Hall–Kier alpha value is -0.860. The third kappa shape index (κ3) is 3.48. The van der Waals surface area contributed by atoms with Crippen LogP contribution in [0, 0.1) is 5.92 Å². The highest BCUT2D eigenvalue weighted by Gasteiger charge is 2.23. The molecule has 0 aliphatic heterocycles. The van der Waals surface area contributed by atoms with Crippen LogP contribution in [0.4, 0.5) is 0 Å². The molecule has 1 radical (unpaired) electrons. The second-order valence-corrected chi connectivity index (χ2v) is 3.83. The third-order valence-electron chi connectivity index (χ3n) is 2.59. The Morgan fingerprint density at radius 1 is 1.36 bits per heavy atom. The number of rotatable bonds is 4. The van der Waals surface area contributed by atoms with E-state index in [1.165, 1.54) is 0 Å². The van der Waals surface area contributed by atoms with Crippen LogP contribution in [-0.2, 0) is 14.3 Å². The van der Waals surface area contributed by atoms with Gasteiger partial charge in [0.25, 0.3) is 0 Å². The number of ether oxygens (including phenoxy) is 1. The molecule has 0 heterocycles. The number of hydrogen-bond donors (Lipinski definition) is 0. The normalized spacial score (nSPS) is 26.9. The van der Waals surface area contributed by atoms with Crippen LogP contribution in [0.1, 0.15) is 45.4 Å². The van der Waals surface area contributed by atoms with Crippen LogP contribution in [0.2, 0.25) is 0 Å². The monoisotopic (exact) mass is 197 g/mol. The third-order valence-corrected chi connectivity index (χ3v) is 2.59. The van der Waals surface area contributed by atoms with Crippen molar-refractivity contribution in [3.8, 4) is 0 Å². The van der Waals surface area contributed by atoms with Crippen molar-refractivity contribution in [3.05, 3.63) is 0 Å². The maximum Gasteiger partial charge on any atom is 0.306 e. The smallest absolute Gasteiger partial charge is 0.306 e. The molecule has 0 bridgehead atoms. The summed E-state index contributed by atoms with van der Waals surface area (Å²) in [6.45, 7) is 1.96. The highest BCUT2D eigenvalue weighted by atomic mass is 16.5. The molecule has 0 spiro atoms. The summed E-state index contributed by atoms with van der Waals surface area (Å²) >= 11 is 0. The second kappa shape index (κ2) is 5.78. The van der Waals surface area contributed by atoms with Crippen LogP contribution < -0.4 is 0 Å². The Balaban J connectivity index is 2.21. The SMILES string of the molecule is CCCC(=O)OC1CCC([C]=O)CC1. The van der Waals surface area contributed by atoms with Crippen LogP contribution >= 0.6 is 0 Å². The van der Waals surface area contributed by atoms with E-state index in [2.05, 4.69) is 0 Å². The Bertz CT molecular complexity index is 193. The molecular weight excluding hydrogens is 180 g/mol. The van der Waals surface area contributed by atoms with Crippen LogP contribution in [0.25, 0.3) is 0 Å². The molecule has 3 nitrogen and oxygen atoms in total. The van der Waals surface area contributed by atoms with Gasteiger partial charge >= 0.3 is 5.97 Å². The van der Waals surface area contributed by atoms with Gasteiger partial charge in [-0.05, 0) is 32.1 Å². The van der Waals surface area contributed by atoms with Crippen molar-refractivity contribution in [3.63, 3.8) is 0 Å². The van der Waals surface area contributed by atoms with E-state index in [-0.39, 0.29) is 18.0 Å². The zero-order valence-corrected chi connectivity index (χ0v) is 8.62. The molecule has 3 heteroatoms. The summed E-state index contributed by atoms with van der Waals surface area (Å²) in [7, 11) is 0. The fourth-order valence-corrected chi connectivity index (χ4v) is 1.75. The largest absolute Gasteiger partial charge is 0.462 e. The lowest BCUT2D eigenvalue weighted by atomic mass is 9.88. The predicted molar refractivity (Wildman–Crippen MR) is 52.4 cm³/mol. The number of esters is 1. The lowest BCUT2D eigenvalue weighted by molar-refractivity contribution is -0.150. The molecule has 0 N–H and O–H groups in total. The first-order valence-electron chi connectivity index (χ1n) is 5.33. The zero-order chi connectivity index (χ0) is 10.4. The molecule has 1 rings (SSSR count). The Morgan fingerprint density at radius 2 is 2.00 bits per heavy atom. The number of hydrogen-bond acceptors (Lipinski definition) is 3. The van der Waals surface area contributed by atoms with E-state index in [0.29, 0.717) is 6.42 Å². The molecule has 79 valence electrons. The highest BCUT2D eigenvalue weighted by molar-refractivity contribution is 5.69. The molecule has 0 saturated heterocycles. The van der Waals surface area contributed by atoms with Gasteiger partial charge in [-0.2, -0.15) is 0 Å². The second-order valence-electron chi connectivity index (χ2n) is 3.83. The predicted octanol–water partition coefficient (Wildman–Crippen LogP) is 2.00. The first kappa shape index (κ1) is 11.2. The summed E-state index contributed by atoms with van der Waals surface area (Å²) in [4.78, 5) is 21.5. The van der Waals surface area contributed by atoms with Crippen molar-refractivity contribution in [2.75, 3.05) is 0 Å². The zero-order valence-electron chi connectivity index (χ0n) is 8.62. The van der Waals surface area contributed by atoms with Crippen LogP contribution in [0.5, 0.6) is 0 Å². The first-order chi connectivity index (χ1) is 6.76. The van der Waals surface area contributed by atoms with Crippen molar-refractivity contribution < 1.29 is 14.3 Å². The summed E-state index contributed by atoms with van der Waals surface area (Å²) in [5, 5.41) is 0. The van der Waals surface area contributed by atoms with E-state index in [4.69, 9.17) is 4.74 Å². The van der Waals surface area contributed by atoms with E-state index in [9.17, 15) is 9.59 Å². The highest BCUT2D eigenvalue weighted by Crippen LogP contribution is 2.24. The molecule has 0 atom stereocenters. The molecule has 0 aromatic carbocycles. The molecule has 0 aromatic rings. The van der Waals surface area contributed by atoms with Gasteiger partial charge in [-0.25, -0.2) is 0 Å². The molecule has 1 fully saturated rings. The molecule has 1 saturated carbocycles. The van der Waals surface area contributed by atoms with E-state index in [1.54, 1.807) is 0 Å². The molecule has 1 aliphatic rings. The molecule has 1 aliphatic carbocycles. The van der Waals surface area contributed by atoms with Gasteiger partial charge < -0.3 is 4.74 Å². The lowest BCUT2D eigenvalue weighted by Gasteiger charge is -2.24. The van der Waals surface area contributed by atoms with Crippen molar-refractivity contribution in [2.24, 2.45) is 5.92 Å². The molecule has 14 heavy (non-hydrogen) atoms. The van der Waals surface area contributed by atoms with Crippen molar-refractivity contribution in [2.45, 2.75) is 51.6 Å². The van der Waals surface area contributed by atoms with E-state index in [0.717, 1.165) is 32.1 Å². The van der Waals surface area contributed by atoms with E-state index < -0.39 is 0 Å². The minimum Gasteiger partial charge on any atom is -0.462 e. The van der Waals surface area contributed by atoms with Crippen molar-refractivity contribution in [1.29, 1.82) is 0 Å². The van der Waals surface area contributed by atoms with Gasteiger partial charge in [0.1, 0.15) is 6.10 Å². The fraction of sp³-hybridized carbons (Fsp3) is 0.818. The average Bonchev–Trinajstić information content (AvgIpc) is 2.19. The Labute approximate surface area is 84.8 Å². The van der Waals surface area contributed by atoms with Gasteiger partial charge in [0.2, 0.25) is 6.29 Å². The molecule has 0 unspecified atom stereocenters. The van der Waals surface area contributed by atoms with Crippen LogP contribution in [0.15, 0.2) is 0 Å². The standard InChI is InChI=1S/C11H17O3/c1-2-3-11(13)14-10-6-4-9(8-12)5-7-10/h9-10H,2-7H2,1H3. The van der Waals surface area contributed by atoms with Gasteiger partial charge in [0, 0.05) is 12.3 Å². The molecule has 0 amide bonds. The van der Waals surface area contributed by atoms with E-state index >= 15 is 0 Å². The van der Waals surface area contributed by atoms with Gasteiger partial charge in [-0.1, -0.05) is 6.92 Å².